The van der Waals surface area contributed by atoms with E-state index in [2.05, 4.69) is 4.98 Å². The summed E-state index contributed by atoms with van der Waals surface area (Å²) in [6.07, 6.45) is 2.86. The minimum absolute atomic E-state index is 0.0966. The normalized spacial score (nSPS) is 19.3. The highest BCUT2D eigenvalue weighted by Gasteiger charge is 2.33. The number of aromatic nitrogens is 1. The van der Waals surface area contributed by atoms with E-state index >= 15 is 0 Å². The number of amides is 1. The maximum atomic E-state index is 11.2. The summed E-state index contributed by atoms with van der Waals surface area (Å²) in [7, 11) is 0. The number of carbonyl (C=O) groups is 1. The third-order valence-electron chi connectivity index (χ3n) is 2.82. The van der Waals surface area contributed by atoms with Crippen molar-refractivity contribution in [2.75, 3.05) is 11.4 Å². The molecule has 17 heavy (non-hydrogen) atoms. The Morgan fingerprint density at radius 1 is 1.65 bits per heavy atom. The van der Waals surface area contributed by atoms with Crippen LogP contribution in [-0.4, -0.2) is 28.4 Å². The lowest BCUT2D eigenvalue weighted by molar-refractivity contribution is -0.384. The molecule has 0 saturated carbocycles. The van der Waals surface area contributed by atoms with Crippen molar-refractivity contribution in [1.82, 2.24) is 4.98 Å². The number of hydrogen-bond donors (Lipinski definition) is 1. The van der Waals surface area contributed by atoms with Crippen molar-refractivity contribution in [2.24, 2.45) is 5.73 Å². The molecule has 7 heteroatoms. The molecular formula is C10H12N4O3. The summed E-state index contributed by atoms with van der Waals surface area (Å²) in [5.74, 6) is -0.249. The first-order valence-electron chi connectivity index (χ1n) is 5.26. The number of hydrogen-bond acceptors (Lipinski definition) is 5. The van der Waals surface area contributed by atoms with Gasteiger partial charge in [-0.3, -0.25) is 14.9 Å². The van der Waals surface area contributed by atoms with Crippen molar-refractivity contribution >= 4 is 17.4 Å². The number of nitro groups is 1. The SMILES string of the molecule is NC(=O)C1CCCN1c1ncccc1[N+](=O)[O-]. The average Bonchev–Trinajstić information content (AvgIpc) is 2.77. The summed E-state index contributed by atoms with van der Waals surface area (Å²) in [6.45, 7) is 0.561. The van der Waals surface area contributed by atoms with Gasteiger partial charge in [0.05, 0.1) is 4.92 Å². The number of carbonyl (C=O) groups excluding carboxylic acids is 1. The Morgan fingerprint density at radius 2 is 2.41 bits per heavy atom. The molecule has 0 aliphatic carbocycles. The lowest BCUT2D eigenvalue weighted by Crippen LogP contribution is -2.41. The molecule has 1 aromatic rings. The summed E-state index contributed by atoms with van der Waals surface area (Å²) < 4.78 is 0. The second-order valence-corrected chi connectivity index (χ2v) is 3.86. The molecule has 0 spiro atoms. The van der Waals surface area contributed by atoms with Crippen molar-refractivity contribution in [1.29, 1.82) is 0 Å². The summed E-state index contributed by atoms with van der Waals surface area (Å²) in [4.78, 5) is 27.2. The molecule has 1 aromatic heterocycles. The zero-order chi connectivity index (χ0) is 12.4. The Hall–Kier alpha value is -2.18. The predicted molar refractivity (Wildman–Crippen MR) is 60.5 cm³/mol. The average molecular weight is 236 g/mol. The van der Waals surface area contributed by atoms with Crippen LogP contribution in [0.1, 0.15) is 12.8 Å². The first-order valence-corrected chi connectivity index (χ1v) is 5.26. The van der Waals surface area contributed by atoms with Crippen molar-refractivity contribution in [3.63, 3.8) is 0 Å². The quantitative estimate of drug-likeness (QED) is 0.606. The van der Waals surface area contributed by atoms with Gasteiger partial charge in [-0.05, 0) is 18.9 Å². The van der Waals surface area contributed by atoms with Gasteiger partial charge >= 0.3 is 5.69 Å². The van der Waals surface area contributed by atoms with Crippen LogP contribution in [0.25, 0.3) is 0 Å². The summed E-state index contributed by atoms with van der Waals surface area (Å²) in [6, 6.07) is 2.37. The molecule has 90 valence electrons. The van der Waals surface area contributed by atoms with E-state index in [9.17, 15) is 14.9 Å². The van der Waals surface area contributed by atoms with Crippen LogP contribution >= 0.6 is 0 Å². The first-order chi connectivity index (χ1) is 8.11. The van der Waals surface area contributed by atoms with Gasteiger partial charge in [0.1, 0.15) is 6.04 Å². The van der Waals surface area contributed by atoms with Gasteiger partial charge in [0.15, 0.2) is 0 Å². The second kappa shape index (κ2) is 4.36. The largest absolute Gasteiger partial charge is 0.368 e. The van der Waals surface area contributed by atoms with Crippen LogP contribution in [0.3, 0.4) is 0 Å². The fourth-order valence-corrected chi connectivity index (χ4v) is 2.07. The van der Waals surface area contributed by atoms with E-state index in [4.69, 9.17) is 5.73 Å². The van der Waals surface area contributed by atoms with Crippen LogP contribution in [-0.2, 0) is 4.79 Å². The number of pyridine rings is 1. The Morgan fingerprint density at radius 3 is 3.06 bits per heavy atom. The molecule has 2 rings (SSSR count). The van der Waals surface area contributed by atoms with Crippen LogP contribution in [0, 0.1) is 10.1 Å². The smallest absolute Gasteiger partial charge is 0.311 e. The fourth-order valence-electron chi connectivity index (χ4n) is 2.07. The minimum atomic E-state index is -0.501. The van der Waals surface area contributed by atoms with E-state index in [1.807, 2.05) is 0 Å². The van der Waals surface area contributed by atoms with Crippen molar-refractivity contribution in [3.8, 4) is 0 Å². The standard InChI is InChI=1S/C10H12N4O3/c11-9(15)7-4-2-6-13(7)10-8(14(16)17)3-1-5-12-10/h1,3,5,7H,2,4,6H2,(H2,11,15). The Balaban J connectivity index is 2.39. The molecule has 1 atom stereocenters. The van der Waals surface area contributed by atoms with Gasteiger partial charge < -0.3 is 10.6 Å². The van der Waals surface area contributed by atoms with Gasteiger partial charge in [0, 0.05) is 18.8 Å². The van der Waals surface area contributed by atoms with E-state index in [0.717, 1.165) is 6.42 Å². The Kier molecular flexibility index (Phi) is 2.90. The fraction of sp³-hybridized carbons (Fsp3) is 0.400. The monoisotopic (exact) mass is 236 g/mol. The third kappa shape index (κ3) is 2.03. The summed E-state index contributed by atoms with van der Waals surface area (Å²) in [5, 5.41) is 10.9. The summed E-state index contributed by atoms with van der Waals surface area (Å²) >= 11 is 0. The maximum Gasteiger partial charge on any atom is 0.311 e. The Labute approximate surface area is 97.4 Å². The van der Waals surface area contributed by atoms with Crippen molar-refractivity contribution in [2.45, 2.75) is 18.9 Å². The highest BCUT2D eigenvalue weighted by atomic mass is 16.6. The number of nitrogens with two attached hydrogens (primary N) is 1. The topological polar surface area (TPSA) is 102 Å². The molecule has 7 nitrogen and oxygen atoms in total. The molecule has 2 heterocycles. The highest BCUT2D eigenvalue weighted by molar-refractivity contribution is 5.84. The van der Waals surface area contributed by atoms with E-state index in [0.29, 0.717) is 13.0 Å². The molecule has 1 fully saturated rings. The van der Waals surface area contributed by atoms with E-state index < -0.39 is 16.9 Å². The van der Waals surface area contributed by atoms with Crippen LogP contribution in [0.4, 0.5) is 11.5 Å². The Bertz CT molecular complexity index is 463. The van der Waals surface area contributed by atoms with Crippen LogP contribution < -0.4 is 10.6 Å². The highest BCUT2D eigenvalue weighted by Crippen LogP contribution is 2.30. The number of nitrogens with zero attached hydrogens (tertiary/aromatic N) is 3. The van der Waals surface area contributed by atoms with E-state index in [-0.39, 0.29) is 11.5 Å². The van der Waals surface area contributed by atoms with Gasteiger partial charge in [-0.1, -0.05) is 0 Å². The maximum absolute atomic E-state index is 11.2. The van der Waals surface area contributed by atoms with Gasteiger partial charge in [-0.2, -0.15) is 0 Å². The molecule has 1 aliphatic rings. The molecule has 2 N–H and O–H groups in total. The molecule has 0 aromatic carbocycles. The molecule has 1 aliphatic heterocycles. The predicted octanol–water partition coefficient (Wildman–Crippen LogP) is 0.444. The number of primary amides is 1. The van der Waals surface area contributed by atoms with Crippen LogP contribution in [0.5, 0.6) is 0 Å². The van der Waals surface area contributed by atoms with Gasteiger partial charge in [0.25, 0.3) is 0 Å². The number of rotatable bonds is 3. The molecular weight excluding hydrogens is 224 g/mol. The first kappa shape index (κ1) is 11.3. The lowest BCUT2D eigenvalue weighted by atomic mass is 10.2. The van der Waals surface area contributed by atoms with Crippen molar-refractivity contribution in [3.05, 3.63) is 28.4 Å². The molecule has 1 amide bonds. The molecule has 0 bridgehead atoms. The zero-order valence-electron chi connectivity index (χ0n) is 9.07. The van der Waals surface area contributed by atoms with E-state index in [1.54, 1.807) is 4.90 Å². The second-order valence-electron chi connectivity index (χ2n) is 3.86. The van der Waals surface area contributed by atoms with E-state index in [1.165, 1.54) is 18.3 Å². The number of anilines is 1. The molecule has 1 saturated heterocycles. The van der Waals surface area contributed by atoms with Gasteiger partial charge in [0.2, 0.25) is 11.7 Å². The lowest BCUT2D eigenvalue weighted by Gasteiger charge is -2.22. The molecule has 1 unspecified atom stereocenters. The van der Waals surface area contributed by atoms with Gasteiger partial charge in [-0.25, -0.2) is 4.98 Å². The van der Waals surface area contributed by atoms with Crippen LogP contribution in [0.15, 0.2) is 18.3 Å². The summed E-state index contributed by atoms with van der Waals surface area (Å²) in [5.41, 5.74) is 5.18. The zero-order valence-corrected chi connectivity index (χ0v) is 9.07. The van der Waals surface area contributed by atoms with Crippen LogP contribution in [0.2, 0.25) is 0 Å². The molecule has 0 radical (unpaired) electrons. The minimum Gasteiger partial charge on any atom is -0.368 e. The van der Waals surface area contributed by atoms with Gasteiger partial charge in [-0.15, -0.1) is 0 Å². The third-order valence-corrected chi connectivity index (χ3v) is 2.82. The van der Waals surface area contributed by atoms with Crippen molar-refractivity contribution < 1.29 is 9.72 Å².